The van der Waals surface area contributed by atoms with E-state index in [1.165, 1.54) is 37.7 Å². The highest BCUT2D eigenvalue weighted by Crippen LogP contribution is 2.30. The highest BCUT2D eigenvalue weighted by atomic mass is 14.9. The second kappa shape index (κ2) is 4.54. The van der Waals surface area contributed by atoms with Crippen molar-refractivity contribution in [1.82, 2.24) is 9.97 Å². The van der Waals surface area contributed by atoms with E-state index >= 15 is 0 Å². The van der Waals surface area contributed by atoms with Crippen molar-refractivity contribution >= 4 is 0 Å². The molecule has 0 aromatic carbocycles. The third kappa shape index (κ3) is 2.11. The van der Waals surface area contributed by atoms with Gasteiger partial charge in [-0.3, -0.25) is 0 Å². The van der Waals surface area contributed by atoms with E-state index in [4.69, 9.17) is 0 Å². The van der Waals surface area contributed by atoms with E-state index in [2.05, 4.69) is 16.9 Å². The first kappa shape index (κ1) is 9.63. The van der Waals surface area contributed by atoms with E-state index in [9.17, 15) is 0 Å². The molecule has 1 aliphatic rings. The first-order valence-electron chi connectivity index (χ1n) is 5.71. The van der Waals surface area contributed by atoms with Crippen LogP contribution >= 0.6 is 0 Å². The minimum absolute atomic E-state index is 0.634. The molecule has 14 heavy (non-hydrogen) atoms. The van der Waals surface area contributed by atoms with Gasteiger partial charge in [-0.25, -0.2) is 9.97 Å². The van der Waals surface area contributed by atoms with Crippen LogP contribution in [-0.4, -0.2) is 9.97 Å². The molecule has 1 aromatic rings. The first-order valence-corrected chi connectivity index (χ1v) is 5.71. The molecule has 0 unspecified atom stereocenters. The van der Waals surface area contributed by atoms with Crippen LogP contribution in [0.5, 0.6) is 0 Å². The molecule has 1 fully saturated rings. The smallest absolute Gasteiger partial charge is 0.131 e. The highest BCUT2D eigenvalue weighted by molar-refractivity contribution is 5.07. The van der Waals surface area contributed by atoms with Crippen molar-refractivity contribution in [2.24, 2.45) is 0 Å². The molecule has 0 N–H and O–H groups in total. The Bertz CT molecular complexity index is 273. The lowest BCUT2D eigenvalue weighted by atomic mass is 9.89. The fourth-order valence-electron chi connectivity index (χ4n) is 2.12. The normalized spacial score (nSPS) is 18.4. The zero-order chi connectivity index (χ0) is 9.80. The molecule has 1 aromatic heterocycles. The van der Waals surface area contributed by atoms with Crippen molar-refractivity contribution in [2.45, 2.75) is 51.4 Å². The minimum Gasteiger partial charge on any atom is -0.241 e. The lowest BCUT2D eigenvalue weighted by Gasteiger charge is -2.19. The van der Waals surface area contributed by atoms with Gasteiger partial charge in [0.2, 0.25) is 0 Å². The Labute approximate surface area is 85.8 Å². The number of aromatic nitrogens is 2. The maximum Gasteiger partial charge on any atom is 0.131 e. The summed E-state index contributed by atoms with van der Waals surface area (Å²) in [7, 11) is 0. The van der Waals surface area contributed by atoms with E-state index in [1.807, 2.05) is 12.4 Å². The predicted molar refractivity (Wildman–Crippen MR) is 57.2 cm³/mol. The Kier molecular flexibility index (Phi) is 3.12. The lowest BCUT2D eigenvalue weighted by molar-refractivity contribution is 0.428. The number of rotatable bonds is 2. The maximum absolute atomic E-state index is 4.46. The van der Waals surface area contributed by atoms with Crippen LogP contribution in [0.15, 0.2) is 12.4 Å². The van der Waals surface area contributed by atoms with Gasteiger partial charge in [0.15, 0.2) is 0 Å². The fraction of sp³-hybridized carbons (Fsp3) is 0.667. The van der Waals surface area contributed by atoms with Gasteiger partial charge in [0.25, 0.3) is 0 Å². The Balaban J connectivity index is 2.07. The zero-order valence-corrected chi connectivity index (χ0v) is 8.87. The van der Waals surface area contributed by atoms with Crippen molar-refractivity contribution in [3.05, 3.63) is 23.8 Å². The van der Waals surface area contributed by atoms with E-state index in [0.29, 0.717) is 5.92 Å². The highest BCUT2D eigenvalue weighted by Gasteiger charge is 2.17. The third-order valence-corrected chi connectivity index (χ3v) is 3.10. The van der Waals surface area contributed by atoms with Crippen LogP contribution in [0.1, 0.15) is 56.3 Å². The number of aryl methyl sites for hydroxylation is 1. The standard InChI is InChI=1S/C12H18N2/c1-2-10-8-13-12(14-9-10)11-6-4-3-5-7-11/h8-9,11H,2-7H2,1H3. The molecule has 0 amide bonds. The summed E-state index contributed by atoms with van der Waals surface area (Å²) < 4.78 is 0. The molecule has 1 heterocycles. The van der Waals surface area contributed by atoms with Gasteiger partial charge in [-0.2, -0.15) is 0 Å². The molecular weight excluding hydrogens is 172 g/mol. The second-order valence-electron chi connectivity index (χ2n) is 4.14. The van der Waals surface area contributed by atoms with Gasteiger partial charge < -0.3 is 0 Å². The topological polar surface area (TPSA) is 25.8 Å². The summed E-state index contributed by atoms with van der Waals surface area (Å²) in [5.74, 6) is 1.71. The van der Waals surface area contributed by atoms with Crippen molar-refractivity contribution in [3.8, 4) is 0 Å². The largest absolute Gasteiger partial charge is 0.241 e. The van der Waals surface area contributed by atoms with Gasteiger partial charge in [0, 0.05) is 18.3 Å². The van der Waals surface area contributed by atoms with Gasteiger partial charge in [-0.05, 0) is 24.8 Å². The summed E-state index contributed by atoms with van der Waals surface area (Å²) in [5.41, 5.74) is 1.24. The molecular formula is C12H18N2. The summed E-state index contributed by atoms with van der Waals surface area (Å²) >= 11 is 0. The molecule has 0 radical (unpaired) electrons. The van der Waals surface area contributed by atoms with E-state index in [-0.39, 0.29) is 0 Å². The monoisotopic (exact) mass is 190 g/mol. The first-order chi connectivity index (χ1) is 6.90. The van der Waals surface area contributed by atoms with E-state index in [0.717, 1.165) is 12.2 Å². The summed E-state index contributed by atoms with van der Waals surface area (Å²) in [6.07, 6.45) is 11.7. The molecule has 1 aliphatic carbocycles. The van der Waals surface area contributed by atoms with Gasteiger partial charge in [-0.1, -0.05) is 26.2 Å². The molecule has 2 nitrogen and oxygen atoms in total. The predicted octanol–water partition coefficient (Wildman–Crippen LogP) is 3.09. The second-order valence-corrected chi connectivity index (χ2v) is 4.14. The Morgan fingerprint density at radius 2 is 1.79 bits per heavy atom. The molecule has 76 valence electrons. The minimum atomic E-state index is 0.634. The molecule has 0 saturated heterocycles. The molecule has 0 atom stereocenters. The molecule has 1 saturated carbocycles. The summed E-state index contributed by atoms with van der Waals surface area (Å²) in [4.78, 5) is 8.92. The van der Waals surface area contributed by atoms with Gasteiger partial charge in [0.05, 0.1) is 0 Å². The Morgan fingerprint density at radius 1 is 1.14 bits per heavy atom. The van der Waals surface area contributed by atoms with Crippen LogP contribution in [0.3, 0.4) is 0 Å². The van der Waals surface area contributed by atoms with Crippen LogP contribution < -0.4 is 0 Å². The van der Waals surface area contributed by atoms with Crippen molar-refractivity contribution in [2.75, 3.05) is 0 Å². The molecule has 2 rings (SSSR count). The average Bonchev–Trinajstić information content (AvgIpc) is 2.30. The van der Waals surface area contributed by atoms with Gasteiger partial charge in [-0.15, -0.1) is 0 Å². The molecule has 2 heteroatoms. The quantitative estimate of drug-likeness (QED) is 0.716. The van der Waals surface area contributed by atoms with Crippen LogP contribution in [0.2, 0.25) is 0 Å². The van der Waals surface area contributed by atoms with Crippen molar-refractivity contribution in [3.63, 3.8) is 0 Å². The van der Waals surface area contributed by atoms with Crippen LogP contribution in [-0.2, 0) is 6.42 Å². The van der Waals surface area contributed by atoms with E-state index < -0.39 is 0 Å². The van der Waals surface area contributed by atoms with E-state index in [1.54, 1.807) is 0 Å². The van der Waals surface area contributed by atoms with Crippen molar-refractivity contribution < 1.29 is 0 Å². The number of nitrogens with zero attached hydrogens (tertiary/aromatic N) is 2. The Morgan fingerprint density at radius 3 is 2.36 bits per heavy atom. The van der Waals surface area contributed by atoms with Gasteiger partial charge in [0.1, 0.15) is 5.82 Å². The van der Waals surface area contributed by atoms with Gasteiger partial charge >= 0.3 is 0 Å². The summed E-state index contributed by atoms with van der Waals surface area (Å²) in [6, 6.07) is 0. The third-order valence-electron chi connectivity index (χ3n) is 3.10. The molecule has 0 bridgehead atoms. The summed E-state index contributed by atoms with van der Waals surface area (Å²) in [6.45, 7) is 2.14. The SMILES string of the molecule is CCc1cnc(C2CCCCC2)nc1. The number of hydrogen-bond acceptors (Lipinski definition) is 2. The van der Waals surface area contributed by atoms with Crippen molar-refractivity contribution in [1.29, 1.82) is 0 Å². The van der Waals surface area contributed by atoms with Crippen LogP contribution in [0.25, 0.3) is 0 Å². The number of hydrogen-bond donors (Lipinski definition) is 0. The summed E-state index contributed by atoms with van der Waals surface area (Å²) in [5, 5.41) is 0. The average molecular weight is 190 g/mol. The maximum atomic E-state index is 4.46. The van der Waals surface area contributed by atoms with Crippen LogP contribution in [0.4, 0.5) is 0 Å². The van der Waals surface area contributed by atoms with Crippen LogP contribution in [0, 0.1) is 0 Å². The lowest BCUT2D eigenvalue weighted by Crippen LogP contribution is -2.08. The fourth-order valence-corrected chi connectivity index (χ4v) is 2.12. The Hall–Kier alpha value is -0.920. The zero-order valence-electron chi connectivity index (χ0n) is 8.87. The molecule has 0 spiro atoms. The molecule has 0 aliphatic heterocycles.